The second-order valence-electron chi connectivity index (χ2n) is 4.43. The molecule has 0 aliphatic carbocycles. The molecule has 1 aromatic carbocycles. The van der Waals surface area contributed by atoms with E-state index in [0.717, 1.165) is 30.8 Å². The van der Waals surface area contributed by atoms with Crippen LogP contribution in [0.1, 0.15) is 18.1 Å². The maximum Gasteiger partial charge on any atom is 0.300 e. The lowest BCUT2D eigenvalue weighted by Crippen LogP contribution is -2.20. The van der Waals surface area contributed by atoms with Gasteiger partial charge in [-0.1, -0.05) is 0 Å². The van der Waals surface area contributed by atoms with Crippen LogP contribution >= 0.6 is 11.8 Å². The van der Waals surface area contributed by atoms with Crippen LogP contribution in [-0.4, -0.2) is 27.9 Å². The summed E-state index contributed by atoms with van der Waals surface area (Å²) < 4.78 is 27.5. The topological polar surface area (TPSA) is 133 Å². The number of nitrogens with one attached hydrogen (secondary N) is 5. The van der Waals surface area contributed by atoms with Crippen molar-refractivity contribution in [3.05, 3.63) is 39.8 Å². The molecule has 2 aliphatic rings. The molecule has 6 N–H and O–H groups in total. The molecule has 3 rings (SSSR count). The Kier molecular flexibility index (Phi) is 4.45. The van der Waals surface area contributed by atoms with Crippen molar-refractivity contribution < 1.29 is 18.7 Å². The van der Waals surface area contributed by atoms with E-state index < -0.39 is 17.6 Å². The molecule has 120 valence electrons. The van der Waals surface area contributed by atoms with Crippen LogP contribution in [0.3, 0.4) is 0 Å². The maximum absolute atomic E-state index is 13.9. The standard InChI is InChI=1S/C11H7F2N5S.C2H4O2/c12-3-1-2-4(13)6-5(3)7(17-9(6)14)8-10(15)18-11(16)19-8;1-2(3)4/h1-2H,(H2,14,17)(H3,15,16,18);1H3,(H,3,4)/b8-7+;. The van der Waals surface area contributed by atoms with Gasteiger partial charge in [0.1, 0.15) is 23.3 Å². The summed E-state index contributed by atoms with van der Waals surface area (Å²) in [6.45, 7) is 1.08. The van der Waals surface area contributed by atoms with Crippen molar-refractivity contribution in [1.29, 1.82) is 16.2 Å². The van der Waals surface area contributed by atoms with E-state index in [4.69, 9.17) is 26.1 Å². The summed E-state index contributed by atoms with van der Waals surface area (Å²) in [5, 5.41) is 35.3. The Morgan fingerprint density at radius 2 is 1.61 bits per heavy atom. The van der Waals surface area contributed by atoms with Crippen molar-refractivity contribution in [2.75, 3.05) is 0 Å². The number of rotatable bonds is 0. The molecule has 0 spiro atoms. The molecule has 0 amide bonds. The summed E-state index contributed by atoms with van der Waals surface area (Å²) in [5.41, 5.74) is -0.0511. The van der Waals surface area contributed by atoms with Crippen molar-refractivity contribution in [1.82, 2.24) is 10.6 Å². The highest BCUT2D eigenvalue weighted by Gasteiger charge is 2.34. The van der Waals surface area contributed by atoms with Gasteiger partial charge in [0.05, 0.1) is 16.2 Å². The molecule has 0 atom stereocenters. The SMILES string of the molecule is CC(=O)O.N=C1NC(=N)/C(=C2\NC(=N)c3c(F)ccc(F)c32)S1. The zero-order valence-corrected chi connectivity index (χ0v) is 12.5. The zero-order chi connectivity index (χ0) is 17.3. The van der Waals surface area contributed by atoms with Crippen molar-refractivity contribution in [2.24, 2.45) is 0 Å². The van der Waals surface area contributed by atoms with Crippen LogP contribution in [0, 0.1) is 27.9 Å². The highest BCUT2D eigenvalue weighted by Crippen LogP contribution is 2.36. The van der Waals surface area contributed by atoms with Gasteiger partial charge in [0, 0.05) is 12.5 Å². The third kappa shape index (κ3) is 3.21. The molecule has 0 unspecified atom stereocenters. The Balaban J connectivity index is 0.000000433. The van der Waals surface area contributed by atoms with Crippen LogP contribution in [0.25, 0.3) is 5.70 Å². The average molecular weight is 339 g/mol. The summed E-state index contributed by atoms with van der Waals surface area (Å²) in [7, 11) is 0. The number of carboxylic acids is 1. The Hall–Kier alpha value is -2.75. The fourth-order valence-electron chi connectivity index (χ4n) is 1.99. The first-order chi connectivity index (χ1) is 10.7. The van der Waals surface area contributed by atoms with Crippen LogP contribution in [0.2, 0.25) is 0 Å². The number of benzene rings is 1. The fraction of sp³-hybridized carbons (Fsp3) is 0.0769. The molecule has 0 bridgehead atoms. The van der Waals surface area contributed by atoms with E-state index in [1.807, 2.05) is 0 Å². The monoisotopic (exact) mass is 339 g/mol. The van der Waals surface area contributed by atoms with Gasteiger partial charge in [0.2, 0.25) is 0 Å². The van der Waals surface area contributed by atoms with E-state index in [1.54, 1.807) is 0 Å². The van der Waals surface area contributed by atoms with Crippen LogP contribution in [0.5, 0.6) is 0 Å². The average Bonchev–Trinajstić information content (AvgIpc) is 2.94. The quantitative estimate of drug-likeness (QED) is 0.429. The second-order valence-corrected chi connectivity index (χ2v) is 5.45. The Morgan fingerprint density at radius 1 is 1.09 bits per heavy atom. The van der Waals surface area contributed by atoms with Gasteiger partial charge in [-0.2, -0.15) is 0 Å². The molecular weight excluding hydrogens is 328 g/mol. The fourth-order valence-corrected chi connectivity index (χ4v) is 2.75. The first kappa shape index (κ1) is 16.6. The third-order valence-electron chi connectivity index (χ3n) is 2.75. The number of fused-ring (bicyclic) bond motifs is 1. The van der Waals surface area contributed by atoms with E-state index in [1.165, 1.54) is 0 Å². The predicted molar refractivity (Wildman–Crippen MR) is 82.7 cm³/mol. The number of hydrogen-bond donors (Lipinski definition) is 6. The summed E-state index contributed by atoms with van der Waals surface area (Å²) in [6.07, 6.45) is 0. The molecule has 1 saturated heterocycles. The van der Waals surface area contributed by atoms with Crippen molar-refractivity contribution in [3.63, 3.8) is 0 Å². The van der Waals surface area contributed by atoms with Gasteiger partial charge < -0.3 is 15.7 Å². The highest BCUT2D eigenvalue weighted by molar-refractivity contribution is 8.18. The smallest absolute Gasteiger partial charge is 0.300 e. The molecule has 2 aliphatic heterocycles. The molecule has 0 radical (unpaired) electrons. The number of aliphatic carboxylic acids is 1. The molecular formula is C13H11F2N5O2S. The van der Waals surface area contributed by atoms with Gasteiger partial charge in [-0.05, 0) is 23.9 Å². The number of hydrogen-bond acceptors (Lipinski definition) is 5. The summed E-state index contributed by atoms with van der Waals surface area (Å²) in [5.74, 6) is -2.51. The third-order valence-corrected chi connectivity index (χ3v) is 3.67. The Morgan fingerprint density at radius 3 is 2.09 bits per heavy atom. The van der Waals surface area contributed by atoms with E-state index in [-0.39, 0.29) is 38.6 Å². The minimum Gasteiger partial charge on any atom is -0.481 e. The Labute approximate surface area is 133 Å². The van der Waals surface area contributed by atoms with E-state index in [9.17, 15) is 8.78 Å². The lowest BCUT2D eigenvalue weighted by molar-refractivity contribution is -0.134. The lowest BCUT2D eigenvalue weighted by atomic mass is 10.1. The lowest BCUT2D eigenvalue weighted by Gasteiger charge is -2.05. The zero-order valence-electron chi connectivity index (χ0n) is 11.7. The number of carboxylic acid groups (broad SMARTS) is 1. The molecule has 7 nitrogen and oxygen atoms in total. The molecule has 2 heterocycles. The van der Waals surface area contributed by atoms with Crippen LogP contribution < -0.4 is 10.6 Å². The first-order valence-electron chi connectivity index (χ1n) is 6.12. The number of carbonyl (C=O) groups is 1. The molecule has 0 aromatic heterocycles. The van der Waals surface area contributed by atoms with Gasteiger partial charge in [-0.3, -0.25) is 21.0 Å². The predicted octanol–water partition coefficient (Wildman–Crippen LogP) is 1.90. The van der Waals surface area contributed by atoms with Gasteiger partial charge in [0.15, 0.2) is 5.17 Å². The van der Waals surface area contributed by atoms with Crippen LogP contribution in [-0.2, 0) is 4.79 Å². The molecule has 1 aromatic rings. The summed E-state index contributed by atoms with van der Waals surface area (Å²) in [4.78, 5) is 9.28. The van der Waals surface area contributed by atoms with Gasteiger partial charge in [-0.15, -0.1) is 0 Å². The second kappa shape index (κ2) is 6.16. The largest absolute Gasteiger partial charge is 0.481 e. The maximum atomic E-state index is 13.9. The normalized spacial score (nSPS) is 18.8. The number of amidine groups is 3. The van der Waals surface area contributed by atoms with Gasteiger partial charge in [-0.25, -0.2) is 8.78 Å². The van der Waals surface area contributed by atoms with Crippen molar-refractivity contribution >= 4 is 40.3 Å². The first-order valence-corrected chi connectivity index (χ1v) is 6.94. The molecule has 0 saturated carbocycles. The summed E-state index contributed by atoms with van der Waals surface area (Å²) >= 11 is 0.930. The minimum absolute atomic E-state index is 0.0334. The summed E-state index contributed by atoms with van der Waals surface area (Å²) in [6, 6.07) is 1.95. The Bertz CT molecular complexity index is 787. The van der Waals surface area contributed by atoms with E-state index in [0.29, 0.717) is 0 Å². The molecule has 23 heavy (non-hydrogen) atoms. The van der Waals surface area contributed by atoms with E-state index >= 15 is 0 Å². The van der Waals surface area contributed by atoms with Crippen molar-refractivity contribution in [3.8, 4) is 0 Å². The minimum atomic E-state index is -0.833. The van der Waals surface area contributed by atoms with Crippen LogP contribution in [0.15, 0.2) is 17.0 Å². The van der Waals surface area contributed by atoms with Crippen LogP contribution in [0.4, 0.5) is 8.78 Å². The van der Waals surface area contributed by atoms with E-state index in [2.05, 4.69) is 10.6 Å². The number of thioether (sulfide) groups is 1. The number of halogens is 2. The molecule has 1 fully saturated rings. The highest BCUT2D eigenvalue weighted by atomic mass is 32.2. The van der Waals surface area contributed by atoms with Gasteiger partial charge >= 0.3 is 0 Å². The molecule has 10 heteroatoms. The van der Waals surface area contributed by atoms with Crippen molar-refractivity contribution in [2.45, 2.75) is 6.92 Å². The van der Waals surface area contributed by atoms with Gasteiger partial charge in [0.25, 0.3) is 5.97 Å².